The van der Waals surface area contributed by atoms with Gasteiger partial charge in [-0.25, -0.2) is 13.6 Å². The van der Waals surface area contributed by atoms with Gasteiger partial charge in [0.25, 0.3) is 0 Å². The average Bonchev–Trinajstić information content (AvgIpc) is 2.52. The van der Waals surface area contributed by atoms with E-state index in [0.29, 0.717) is 4.68 Å². The van der Waals surface area contributed by atoms with E-state index < -0.39 is 23.1 Å². The van der Waals surface area contributed by atoms with E-state index in [1.54, 1.807) is 0 Å². The molecule has 14 heavy (non-hydrogen) atoms. The smallest absolute Gasteiger partial charge is 0.395 e. The first-order valence-corrected chi connectivity index (χ1v) is 3.67. The number of para-hydroxylation sites is 1. The van der Waals surface area contributed by atoms with Crippen LogP contribution in [0.15, 0.2) is 33.8 Å². The molecule has 72 valence electrons. The van der Waals surface area contributed by atoms with Gasteiger partial charge in [-0.15, -0.1) is 5.10 Å². The van der Waals surface area contributed by atoms with Crippen molar-refractivity contribution in [3.8, 4) is 5.69 Å². The molecule has 0 aliphatic heterocycles. The SMILES string of the molecule is O=c1ocnn1-c1c(F)cccc1F. The molecule has 2 rings (SSSR count). The van der Waals surface area contributed by atoms with Crippen LogP contribution in [0.3, 0.4) is 0 Å². The summed E-state index contributed by atoms with van der Waals surface area (Å²) >= 11 is 0. The van der Waals surface area contributed by atoms with Crippen LogP contribution in [0.25, 0.3) is 5.69 Å². The van der Waals surface area contributed by atoms with Gasteiger partial charge in [0.2, 0.25) is 6.39 Å². The molecule has 1 aromatic carbocycles. The molecule has 0 saturated carbocycles. The van der Waals surface area contributed by atoms with Crippen molar-refractivity contribution in [1.29, 1.82) is 0 Å². The third kappa shape index (κ3) is 1.20. The van der Waals surface area contributed by atoms with Gasteiger partial charge in [0.1, 0.15) is 5.69 Å². The summed E-state index contributed by atoms with van der Waals surface area (Å²) in [4.78, 5) is 10.9. The summed E-state index contributed by atoms with van der Waals surface area (Å²) in [6.07, 6.45) is 0.814. The maximum Gasteiger partial charge on any atom is 0.441 e. The standard InChI is InChI=1S/C8H4F2N2O2/c9-5-2-1-3-6(10)7(5)12-8(13)14-4-11-12/h1-4H. The van der Waals surface area contributed by atoms with Gasteiger partial charge in [0, 0.05) is 0 Å². The first-order chi connectivity index (χ1) is 6.70. The highest BCUT2D eigenvalue weighted by Gasteiger charge is 2.14. The molecule has 0 unspecified atom stereocenters. The lowest BCUT2D eigenvalue weighted by Gasteiger charge is -2.00. The van der Waals surface area contributed by atoms with Crippen LogP contribution in [-0.2, 0) is 0 Å². The normalized spacial score (nSPS) is 10.4. The molecule has 0 atom stereocenters. The minimum Gasteiger partial charge on any atom is -0.395 e. The lowest BCUT2D eigenvalue weighted by Crippen LogP contribution is -2.16. The molecule has 0 aliphatic carbocycles. The third-order valence-corrected chi connectivity index (χ3v) is 1.64. The molecule has 6 heteroatoms. The van der Waals surface area contributed by atoms with Crippen LogP contribution >= 0.6 is 0 Å². The second-order valence-electron chi connectivity index (χ2n) is 2.49. The molecular formula is C8H4F2N2O2. The van der Waals surface area contributed by atoms with E-state index in [1.165, 1.54) is 6.07 Å². The van der Waals surface area contributed by atoms with Gasteiger partial charge >= 0.3 is 5.76 Å². The number of hydrogen-bond acceptors (Lipinski definition) is 3. The van der Waals surface area contributed by atoms with Crippen LogP contribution in [-0.4, -0.2) is 9.78 Å². The molecule has 1 aromatic heterocycles. The second-order valence-corrected chi connectivity index (χ2v) is 2.49. The molecule has 0 spiro atoms. The van der Waals surface area contributed by atoms with Crippen molar-refractivity contribution in [2.24, 2.45) is 0 Å². The van der Waals surface area contributed by atoms with Crippen LogP contribution in [0, 0.1) is 11.6 Å². The zero-order valence-corrected chi connectivity index (χ0v) is 6.78. The summed E-state index contributed by atoms with van der Waals surface area (Å²) in [6.45, 7) is 0. The molecule has 0 N–H and O–H groups in total. The Morgan fingerprint density at radius 3 is 2.43 bits per heavy atom. The Bertz CT molecular complexity index is 498. The van der Waals surface area contributed by atoms with Crippen molar-refractivity contribution >= 4 is 0 Å². The Kier molecular flexibility index (Phi) is 1.88. The molecular weight excluding hydrogens is 194 g/mol. The summed E-state index contributed by atoms with van der Waals surface area (Å²) < 4.78 is 31.0. The van der Waals surface area contributed by atoms with Gasteiger partial charge in [-0.1, -0.05) is 6.07 Å². The van der Waals surface area contributed by atoms with E-state index in [2.05, 4.69) is 9.52 Å². The van der Waals surface area contributed by atoms with E-state index in [4.69, 9.17) is 0 Å². The van der Waals surface area contributed by atoms with Gasteiger partial charge in [-0.2, -0.15) is 4.68 Å². The second kappa shape index (κ2) is 3.06. The molecule has 2 aromatic rings. The number of aromatic nitrogens is 2. The summed E-state index contributed by atoms with van der Waals surface area (Å²) in [5.41, 5.74) is -0.536. The van der Waals surface area contributed by atoms with E-state index in [0.717, 1.165) is 18.5 Å². The Labute approximate surface area is 76.4 Å². The van der Waals surface area contributed by atoms with Gasteiger partial charge in [-0.3, -0.25) is 0 Å². The van der Waals surface area contributed by atoms with Crippen molar-refractivity contribution in [3.05, 3.63) is 46.8 Å². The zero-order chi connectivity index (χ0) is 10.1. The Morgan fingerprint density at radius 2 is 1.93 bits per heavy atom. The van der Waals surface area contributed by atoms with Gasteiger partial charge < -0.3 is 4.42 Å². The number of hydrogen-bond donors (Lipinski definition) is 0. The minimum atomic E-state index is -0.936. The first-order valence-electron chi connectivity index (χ1n) is 3.67. The van der Waals surface area contributed by atoms with Gasteiger partial charge in [0.05, 0.1) is 0 Å². The number of benzene rings is 1. The van der Waals surface area contributed by atoms with E-state index in [-0.39, 0.29) is 0 Å². The molecule has 1 heterocycles. The third-order valence-electron chi connectivity index (χ3n) is 1.64. The van der Waals surface area contributed by atoms with E-state index in [9.17, 15) is 13.6 Å². The topological polar surface area (TPSA) is 48.0 Å². The summed E-state index contributed by atoms with van der Waals surface area (Å²) in [7, 11) is 0. The highest BCUT2D eigenvalue weighted by molar-refractivity contribution is 5.33. The predicted molar refractivity (Wildman–Crippen MR) is 42.0 cm³/mol. The van der Waals surface area contributed by atoms with Gasteiger partial charge in [0.15, 0.2) is 11.6 Å². The zero-order valence-electron chi connectivity index (χ0n) is 6.78. The van der Waals surface area contributed by atoms with E-state index >= 15 is 0 Å². The van der Waals surface area contributed by atoms with Crippen molar-refractivity contribution in [3.63, 3.8) is 0 Å². The van der Waals surface area contributed by atoms with Crippen molar-refractivity contribution in [2.75, 3.05) is 0 Å². The number of nitrogens with zero attached hydrogens (tertiary/aromatic N) is 2. The molecule has 0 radical (unpaired) electrons. The molecule has 4 nitrogen and oxygen atoms in total. The molecule has 0 bridgehead atoms. The minimum absolute atomic E-state index is 0.519. The number of halogens is 2. The van der Waals surface area contributed by atoms with Crippen LogP contribution in [0.2, 0.25) is 0 Å². The van der Waals surface area contributed by atoms with Crippen LogP contribution in [0.1, 0.15) is 0 Å². The Hall–Kier alpha value is -1.98. The fourth-order valence-corrected chi connectivity index (χ4v) is 1.05. The fraction of sp³-hybridized carbons (Fsp3) is 0. The lowest BCUT2D eigenvalue weighted by molar-refractivity contribution is 0.493. The number of rotatable bonds is 1. The molecule has 0 aliphatic rings. The predicted octanol–water partition coefficient (Wildman–Crippen LogP) is 1.10. The monoisotopic (exact) mass is 198 g/mol. The van der Waals surface area contributed by atoms with Crippen molar-refractivity contribution in [2.45, 2.75) is 0 Å². The van der Waals surface area contributed by atoms with Gasteiger partial charge in [-0.05, 0) is 12.1 Å². The van der Waals surface area contributed by atoms with E-state index in [1.807, 2.05) is 0 Å². The molecule has 0 amide bonds. The summed E-state index contributed by atoms with van der Waals surface area (Å²) in [6, 6.07) is 3.25. The quantitative estimate of drug-likeness (QED) is 0.689. The summed E-state index contributed by atoms with van der Waals surface area (Å²) in [5, 5.41) is 3.37. The maximum atomic E-state index is 13.1. The molecule has 0 fully saturated rings. The highest BCUT2D eigenvalue weighted by Crippen LogP contribution is 2.14. The Balaban J connectivity index is 2.74. The van der Waals surface area contributed by atoms with Crippen LogP contribution < -0.4 is 5.76 Å². The van der Waals surface area contributed by atoms with Crippen molar-refractivity contribution < 1.29 is 13.2 Å². The first kappa shape index (κ1) is 8.61. The average molecular weight is 198 g/mol. The summed E-state index contributed by atoms with van der Waals surface area (Å²) in [5.74, 6) is -2.68. The maximum absolute atomic E-state index is 13.1. The fourth-order valence-electron chi connectivity index (χ4n) is 1.05. The van der Waals surface area contributed by atoms with Crippen LogP contribution in [0.5, 0.6) is 0 Å². The largest absolute Gasteiger partial charge is 0.441 e. The lowest BCUT2D eigenvalue weighted by atomic mass is 10.3. The van der Waals surface area contributed by atoms with Crippen molar-refractivity contribution in [1.82, 2.24) is 9.78 Å². The molecule has 0 saturated heterocycles. The Morgan fingerprint density at radius 1 is 1.29 bits per heavy atom. The van der Waals surface area contributed by atoms with Crippen LogP contribution in [0.4, 0.5) is 8.78 Å². The highest BCUT2D eigenvalue weighted by atomic mass is 19.1.